The molecule has 0 spiro atoms. The molecule has 192 valence electrons. The molecule has 3 N–H and O–H groups in total. The van der Waals surface area contributed by atoms with E-state index in [1.165, 1.54) is 12.3 Å². The smallest absolute Gasteiger partial charge is 0.329 e. The maximum absolute atomic E-state index is 12.3. The SMILES string of the molecule is CCCOc1ccc(NC(=O)C(=O)N/N=C\c2ccccc2OCC(=O)Nc2ccc(Cl)cc2Cl)cc1. The van der Waals surface area contributed by atoms with E-state index < -0.39 is 17.7 Å². The second kappa shape index (κ2) is 13.9. The topological polar surface area (TPSA) is 118 Å². The lowest BCUT2D eigenvalue weighted by atomic mass is 10.2. The second-order valence-corrected chi connectivity index (χ2v) is 8.37. The molecule has 0 aliphatic carbocycles. The van der Waals surface area contributed by atoms with Crippen molar-refractivity contribution in [1.29, 1.82) is 0 Å². The van der Waals surface area contributed by atoms with Crippen molar-refractivity contribution in [3.8, 4) is 11.5 Å². The third-order valence-corrected chi connectivity index (χ3v) is 5.19. The zero-order valence-electron chi connectivity index (χ0n) is 19.8. The van der Waals surface area contributed by atoms with Crippen LogP contribution in [0, 0.1) is 0 Å². The van der Waals surface area contributed by atoms with Crippen LogP contribution in [0.15, 0.2) is 71.8 Å². The Bertz CT molecular complexity index is 1280. The molecule has 3 amide bonds. The number of rotatable bonds is 10. The van der Waals surface area contributed by atoms with E-state index in [9.17, 15) is 14.4 Å². The van der Waals surface area contributed by atoms with Gasteiger partial charge in [0.1, 0.15) is 11.5 Å². The zero-order chi connectivity index (χ0) is 26.6. The summed E-state index contributed by atoms with van der Waals surface area (Å²) in [7, 11) is 0. The van der Waals surface area contributed by atoms with Gasteiger partial charge in [0.2, 0.25) is 0 Å². The summed E-state index contributed by atoms with van der Waals surface area (Å²) in [5.41, 5.74) is 3.47. The van der Waals surface area contributed by atoms with Gasteiger partial charge in [0, 0.05) is 16.3 Å². The molecular weight excluding hydrogens is 519 g/mol. The van der Waals surface area contributed by atoms with Crippen LogP contribution >= 0.6 is 23.2 Å². The number of halogens is 2. The van der Waals surface area contributed by atoms with E-state index >= 15 is 0 Å². The number of carbonyl (C=O) groups is 3. The second-order valence-electron chi connectivity index (χ2n) is 7.52. The fraction of sp³-hybridized carbons (Fsp3) is 0.154. The van der Waals surface area contributed by atoms with Gasteiger partial charge in [-0.3, -0.25) is 14.4 Å². The van der Waals surface area contributed by atoms with Gasteiger partial charge in [-0.1, -0.05) is 42.3 Å². The fourth-order valence-electron chi connectivity index (χ4n) is 2.89. The Morgan fingerprint density at radius 2 is 1.68 bits per heavy atom. The van der Waals surface area contributed by atoms with Crippen LogP contribution in [-0.4, -0.2) is 37.1 Å². The van der Waals surface area contributed by atoms with Gasteiger partial charge >= 0.3 is 11.8 Å². The van der Waals surface area contributed by atoms with E-state index in [2.05, 4.69) is 21.2 Å². The Balaban J connectivity index is 1.50. The highest BCUT2D eigenvalue weighted by atomic mass is 35.5. The van der Waals surface area contributed by atoms with Crippen molar-refractivity contribution in [2.75, 3.05) is 23.8 Å². The highest BCUT2D eigenvalue weighted by molar-refractivity contribution is 6.39. The first-order valence-corrected chi connectivity index (χ1v) is 11.9. The van der Waals surface area contributed by atoms with Crippen LogP contribution in [0.3, 0.4) is 0 Å². The highest BCUT2D eigenvalue weighted by Gasteiger charge is 2.13. The minimum Gasteiger partial charge on any atom is -0.494 e. The zero-order valence-corrected chi connectivity index (χ0v) is 21.3. The van der Waals surface area contributed by atoms with E-state index in [0.29, 0.717) is 45.1 Å². The Morgan fingerprint density at radius 1 is 0.919 bits per heavy atom. The molecule has 0 bridgehead atoms. The van der Waals surface area contributed by atoms with Crippen molar-refractivity contribution in [1.82, 2.24) is 5.43 Å². The van der Waals surface area contributed by atoms with Crippen LogP contribution in [0.25, 0.3) is 0 Å². The number of amides is 3. The van der Waals surface area contributed by atoms with Crippen molar-refractivity contribution in [3.63, 3.8) is 0 Å². The summed E-state index contributed by atoms with van der Waals surface area (Å²) < 4.78 is 11.1. The van der Waals surface area contributed by atoms with Crippen molar-refractivity contribution >= 4 is 58.5 Å². The molecule has 0 unspecified atom stereocenters. The average Bonchev–Trinajstić information content (AvgIpc) is 2.89. The molecule has 0 aromatic heterocycles. The Labute approximate surface area is 223 Å². The molecule has 0 radical (unpaired) electrons. The monoisotopic (exact) mass is 542 g/mol. The molecule has 0 aliphatic heterocycles. The van der Waals surface area contributed by atoms with Crippen LogP contribution in [0.5, 0.6) is 11.5 Å². The molecule has 11 heteroatoms. The molecular formula is C26H24Cl2N4O5. The van der Waals surface area contributed by atoms with Crippen molar-refractivity contribution in [2.45, 2.75) is 13.3 Å². The van der Waals surface area contributed by atoms with E-state index in [1.54, 1.807) is 60.7 Å². The Kier molecular flexibility index (Phi) is 10.3. The quantitative estimate of drug-likeness (QED) is 0.191. The lowest BCUT2D eigenvalue weighted by molar-refractivity contribution is -0.136. The van der Waals surface area contributed by atoms with Gasteiger partial charge < -0.3 is 20.1 Å². The Hall–Kier alpha value is -4.08. The lowest BCUT2D eigenvalue weighted by Gasteiger charge is -2.10. The normalized spacial score (nSPS) is 10.6. The Morgan fingerprint density at radius 3 is 2.41 bits per heavy atom. The minimum absolute atomic E-state index is 0.297. The van der Waals surface area contributed by atoms with E-state index in [-0.39, 0.29) is 6.61 Å². The van der Waals surface area contributed by atoms with E-state index in [4.69, 9.17) is 32.7 Å². The van der Waals surface area contributed by atoms with Gasteiger partial charge in [-0.05, 0) is 61.0 Å². The highest BCUT2D eigenvalue weighted by Crippen LogP contribution is 2.25. The summed E-state index contributed by atoms with van der Waals surface area (Å²) in [5, 5.41) is 9.67. The maximum Gasteiger partial charge on any atom is 0.329 e. The number of ether oxygens (including phenoxy) is 2. The third kappa shape index (κ3) is 8.82. The molecule has 37 heavy (non-hydrogen) atoms. The van der Waals surface area contributed by atoms with Crippen LogP contribution in [0.4, 0.5) is 11.4 Å². The molecule has 0 aliphatic rings. The summed E-state index contributed by atoms with van der Waals surface area (Å²) in [6.07, 6.45) is 2.18. The first-order valence-electron chi connectivity index (χ1n) is 11.2. The van der Waals surface area contributed by atoms with Crippen LogP contribution in [0.2, 0.25) is 10.0 Å². The molecule has 3 rings (SSSR count). The maximum atomic E-state index is 12.3. The van der Waals surface area contributed by atoms with Crippen molar-refractivity contribution < 1.29 is 23.9 Å². The fourth-order valence-corrected chi connectivity index (χ4v) is 3.35. The number of nitrogens with one attached hydrogen (secondary N) is 3. The lowest BCUT2D eigenvalue weighted by Crippen LogP contribution is -2.32. The summed E-state index contributed by atoms with van der Waals surface area (Å²) in [6.45, 7) is 2.29. The van der Waals surface area contributed by atoms with Crippen molar-refractivity contribution in [3.05, 3.63) is 82.3 Å². The number of para-hydroxylation sites is 1. The summed E-state index contributed by atoms with van der Waals surface area (Å²) >= 11 is 11.9. The molecule has 0 saturated carbocycles. The van der Waals surface area contributed by atoms with Gasteiger partial charge in [-0.25, -0.2) is 5.43 Å². The van der Waals surface area contributed by atoms with Crippen LogP contribution < -0.4 is 25.5 Å². The number of hydrazone groups is 1. The van der Waals surface area contributed by atoms with Gasteiger partial charge in [0.05, 0.1) is 23.5 Å². The largest absolute Gasteiger partial charge is 0.494 e. The predicted octanol–water partition coefficient (Wildman–Crippen LogP) is 4.89. The van der Waals surface area contributed by atoms with Gasteiger partial charge in [0.15, 0.2) is 6.61 Å². The first kappa shape index (κ1) is 27.5. The number of hydrogen-bond donors (Lipinski definition) is 3. The van der Waals surface area contributed by atoms with Gasteiger partial charge in [-0.2, -0.15) is 5.10 Å². The van der Waals surface area contributed by atoms with Crippen molar-refractivity contribution in [2.24, 2.45) is 5.10 Å². The molecule has 0 atom stereocenters. The van der Waals surface area contributed by atoms with E-state index in [1.807, 2.05) is 6.92 Å². The predicted molar refractivity (Wildman–Crippen MR) is 144 cm³/mol. The van der Waals surface area contributed by atoms with Gasteiger partial charge in [0.25, 0.3) is 5.91 Å². The number of nitrogens with zero attached hydrogens (tertiary/aromatic N) is 1. The summed E-state index contributed by atoms with van der Waals surface area (Å²) in [5.74, 6) is -1.28. The standard InChI is InChI=1S/C26H24Cl2N4O5/c1-2-13-36-20-10-8-19(9-11-20)30-25(34)26(35)32-29-15-17-5-3-4-6-23(17)37-16-24(33)31-22-12-7-18(27)14-21(22)28/h3-12,14-15H,2,13,16H2,1H3,(H,30,34)(H,31,33)(H,32,35)/b29-15-. The first-order chi connectivity index (χ1) is 17.9. The molecule has 3 aromatic rings. The minimum atomic E-state index is -0.958. The summed E-state index contributed by atoms with van der Waals surface area (Å²) in [4.78, 5) is 36.5. The van der Waals surface area contributed by atoms with Gasteiger partial charge in [-0.15, -0.1) is 0 Å². The molecule has 0 fully saturated rings. The third-order valence-electron chi connectivity index (χ3n) is 4.64. The molecule has 0 heterocycles. The molecule has 3 aromatic carbocycles. The van der Waals surface area contributed by atoms with Crippen LogP contribution in [0.1, 0.15) is 18.9 Å². The molecule has 9 nitrogen and oxygen atoms in total. The number of carbonyl (C=O) groups excluding carboxylic acids is 3. The molecule has 0 saturated heterocycles. The average molecular weight is 543 g/mol. The number of anilines is 2. The van der Waals surface area contributed by atoms with Crippen LogP contribution in [-0.2, 0) is 14.4 Å². The number of benzene rings is 3. The van der Waals surface area contributed by atoms with E-state index in [0.717, 1.165) is 6.42 Å². The summed E-state index contributed by atoms with van der Waals surface area (Å²) in [6, 6.07) is 18.1. The number of hydrogen-bond acceptors (Lipinski definition) is 6.